The second-order valence-electron chi connectivity index (χ2n) is 6.56. The molecule has 0 saturated carbocycles. The fourth-order valence-electron chi connectivity index (χ4n) is 3.79. The van der Waals surface area contributed by atoms with Gasteiger partial charge in [-0.05, 0) is 37.5 Å². The molecule has 0 spiro atoms. The van der Waals surface area contributed by atoms with Crippen molar-refractivity contribution in [3.8, 4) is 5.75 Å². The number of aryl methyl sites for hydroxylation is 1. The lowest BCUT2D eigenvalue weighted by atomic mass is 10.0. The zero-order valence-corrected chi connectivity index (χ0v) is 13.5. The van der Waals surface area contributed by atoms with Crippen LogP contribution in [-0.4, -0.2) is 47.2 Å². The van der Waals surface area contributed by atoms with Crippen LogP contribution in [0.15, 0.2) is 30.5 Å². The van der Waals surface area contributed by atoms with Crippen LogP contribution in [-0.2, 0) is 11.8 Å². The van der Waals surface area contributed by atoms with E-state index in [0.29, 0.717) is 0 Å². The van der Waals surface area contributed by atoms with Gasteiger partial charge < -0.3 is 14.6 Å². The van der Waals surface area contributed by atoms with E-state index in [9.17, 15) is 4.79 Å². The van der Waals surface area contributed by atoms with Crippen LogP contribution < -0.4 is 10.1 Å². The summed E-state index contributed by atoms with van der Waals surface area (Å²) in [4.78, 5) is 14.1. The summed E-state index contributed by atoms with van der Waals surface area (Å²) in [5.74, 6) is 1.17. The lowest BCUT2D eigenvalue weighted by molar-refractivity contribution is -0.124. The molecule has 1 amide bonds. The SMILES string of the molecule is Cn1ccc2c(OC3CCN(C4CCNC4=O)CC3)cccc21. The molecule has 2 fully saturated rings. The van der Waals surface area contributed by atoms with Gasteiger partial charge in [0.1, 0.15) is 11.9 Å². The standard InChI is InChI=1S/C18H23N3O2/c1-20-10-8-14-15(20)3-2-4-17(14)23-13-6-11-21(12-7-13)16-5-9-19-18(16)22/h2-4,8,10,13,16H,5-7,9,11-12H2,1H3,(H,19,22). The number of rotatable bonds is 3. The van der Waals surface area contributed by atoms with E-state index in [1.54, 1.807) is 0 Å². The Labute approximate surface area is 136 Å². The highest BCUT2D eigenvalue weighted by Crippen LogP contribution is 2.29. The van der Waals surface area contributed by atoms with Crippen LogP contribution in [0.25, 0.3) is 10.9 Å². The van der Waals surface area contributed by atoms with Crippen molar-refractivity contribution in [2.75, 3.05) is 19.6 Å². The maximum Gasteiger partial charge on any atom is 0.237 e. The van der Waals surface area contributed by atoms with Crippen molar-refractivity contribution >= 4 is 16.8 Å². The van der Waals surface area contributed by atoms with Gasteiger partial charge in [0.2, 0.25) is 5.91 Å². The number of hydrogen-bond acceptors (Lipinski definition) is 3. The van der Waals surface area contributed by atoms with Crippen molar-refractivity contribution in [3.05, 3.63) is 30.5 Å². The summed E-state index contributed by atoms with van der Waals surface area (Å²) in [5.41, 5.74) is 1.20. The molecule has 5 nitrogen and oxygen atoms in total. The molecule has 2 aliphatic heterocycles. The van der Waals surface area contributed by atoms with Gasteiger partial charge in [0, 0.05) is 38.3 Å². The van der Waals surface area contributed by atoms with Crippen LogP contribution in [0.2, 0.25) is 0 Å². The number of piperidine rings is 1. The van der Waals surface area contributed by atoms with E-state index in [4.69, 9.17) is 4.74 Å². The minimum atomic E-state index is 0.0773. The number of ether oxygens (including phenoxy) is 1. The van der Waals surface area contributed by atoms with Crippen LogP contribution in [0.3, 0.4) is 0 Å². The first-order chi connectivity index (χ1) is 11.2. The monoisotopic (exact) mass is 313 g/mol. The van der Waals surface area contributed by atoms with Crippen LogP contribution in [0.1, 0.15) is 19.3 Å². The largest absolute Gasteiger partial charge is 0.490 e. The molecule has 122 valence electrons. The third-order valence-corrected chi connectivity index (χ3v) is 5.12. The summed E-state index contributed by atoms with van der Waals surface area (Å²) in [7, 11) is 2.05. The highest BCUT2D eigenvalue weighted by atomic mass is 16.5. The Morgan fingerprint density at radius 2 is 2.00 bits per heavy atom. The molecule has 2 saturated heterocycles. The molecule has 1 atom stereocenters. The Hall–Kier alpha value is -2.01. The Morgan fingerprint density at radius 3 is 2.74 bits per heavy atom. The second kappa shape index (κ2) is 5.89. The number of likely N-dealkylation sites (tertiary alicyclic amines) is 1. The van der Waals surface area contributed by atoms with Crippen molar-refractivity contribution in [2.45, 2.75) is 31.4 Å². The molecule has 4 rings (SSSR count). The second-order valence-corrected chi connectivity index (χ2v) is 6.56. The van der Waals surface area contributed by atoms with Gasteiger partial charge in [-0.3, -0.25) is 9.69 Å². The van der Waals surface area contributed by atoms with Crippen molar-refractivity contribution in [1.29, 1.82) is 0 Å². The van der Waals surface area contributed by atoms with E-state index in [1.807, 2.05) is 0 Å². The Bertz CT molecular complexity index is 716. The molecule has 1 N–H and O–H groups in total. The van der Waals surface area contributed by atoms with Gasteiger partial charge in [-0.15, -0.1) is 0 Å². The quantitative estimate of drug-likeness (QED) is 0.941. The van der Waals surface area contributed by atoms with Gasteiger partial charge in [-0.25, -0.2) is 0 Å². The molecule has 1 aromatic carbocycles. The number of carbonyl (C=O) groups is 1. The van der Waals surface area contributed by atoms with E-state index in [-0.39, 0.29) is 18.1 Å². The highest BCUT2D eigenvalue weighted by Gasteiger charge is 2.33. The van der Waals surface area contributed by atoms with Crippen molar-refractivity contribution < 1.29 is 9.53 Å². The number of nitrogens with one attached hydrogen (secondary N) is 1. The lowest BCUT2D eigenvalue weighted by Gasteiger charge is -2.34. The third kappa shape index (κ3) is 2.70. The van der Waals surface area contributed by atoms with Crippen molar-refractivity contribution in [2.24, 2.45) is 7.05 Å². The van der Waals surface area contributed by atoms with Gasteiger partial charge >= 0.3 is 0 Å². The smallest absolute Gasteiger partial charge is 0.237 e. The summed E-state index contributed by atoms with van der Waals surface area (Å²) in [6, 6.07) is 8.41. The van der Waals surface area contributed by atoms with Crippen LogP contribution in [0, 0.1) is 0 Å². The molecule has 0 bridgehead atoms. The van der Waals surface area contributed by atoms with Gasteiger partial charge in [0.15, 0.2) is 0 Å². The average molecular weight is 313 g/mol. The highest BCUT2D eigenvalue weighted by molar-refractivity contribution is 5.86. The van der Waals surface area contributed by atoms with E-state index in [2.05, 4.69) is 52.3 Å². The maximum absolute atomic E-state index is 11.8. The molecule has 23 heavy (non-hydrogen) atoms. The molecular formula is C18H23N3O2. The minimum Gasteiger partial charge on any atom is -0.490 e. The van der Waals surface area contributed by atoms with E-state index < -0.39 is 0 Å². The Balaban J connectivity index is 1.42. The number of benzene rings is 1. The van der Waals surface area contributed by atoms with Gasteiger partial charge in [-0.2, -0.15) is 0 Å². The molecule has 3 heterocycles. The number of nitrogens with zero attached hydrogens (tertiary/aromatic N) is 2. The van der Waals surface area contributed by atoms with Crippen LogP contribution >= 0.6 is 0 Å². The van der Waals surface area contributed by atoms with E-state index in [1.165, 1.54) is 10.9 Å². The topological polar surface area (TPSA) is 46.5 Å². The maximum atomic E-state index is 11.8. The number of amides is 1. The number of hydrogen-bond donors (Lipinski definition) is 1. The normalized spacial score (nSPS) is 23.3. The summed E-state index contributed by atoms with van der Waals surface area (Å²) in [6.07, 6.45) is 5.20. The van der Waals surface area contributed by atoms with Gasteiger partial charge in [0.05, 0.1) is 11.6 Å². The molecule has 1 aromatic heterocycles. The molecule has 2 aromatic rings. The molecular weight excluding hydrogens is 290 g/mol. The molecule has 1 unspecified atom stereocenters. The van der Waals surface area contributed by atoms with Gasteiger partial charge in [-0.1, -0.05) is 6.07 Å². The van der Waals surface area contributed by atoms with Gasteiger partial charge in [0.25, 0.3) is 0 Å². The summed E-state index contributed by atoms with van der Waals surface area (Å²) >= 11 is 0. The van der Waals surface area contributed by atoms with Crippen molar-refractivity contribution in [1.82, 2.24) is 14.8 Å². The first-order valence-electron chi connectivity index (χ1n) is 8.45. The summed E-state index contributed by atoms with van der Waals surface area (Å²) in [5, 5.41) is 4.10. The number of carbonyl (C=O) groups excluding carboxylic acids is 1. The predicted molar refractivity (Wildman–Crippen MR) is 89.6 cm³/mol. The fraction of sp³-hybridized carbons (Fsp3) is 0.500. The summed E-state index contributed by atoms with van der Waals surface area (Å²) < 4.78 is 8.39. The first-order valence-corrected chi connectivity index (χ1v) is 8.45. The molecule has 2 aliphatic rings. The average Bonchev–Trinajstić information content (AvgIpc) is 3.16. The van der Waals surface area contributed by atoms with Crippen LogP contribution in [0.4, 0.5) is 0 Å². The lowest BCUT2D eigenvalue weighted by Crippen LogP contribution is -2.47. The van der Waals surface area contributed by atoms with Crippen molar-refractivity contribution in [3.63, 3.8) is 0 Å². The molecule has 0 aliphatic carbocycles. The number of aromatic nitrogens is 1. The first kappa shape index (κ1) is 14.6. The third-order valence-electron chi connectivity index (χ3n) is 5.12. The Kier molecular flexibility index (Phi) is 3.73. The minimum absolute atomic E-state index is 0.0773. The van der Waals surface area contributed by atoms with E-state index in [0.717, 1.165) is 44.6 Å². The zero-order chi connectivity index (χ0) is 15.8. The molecule has 5 heteroatoms. The number of fused-ring (bicyclic) bond motifs is 1. The predicted octanol–water partition coefficient (Wildman–Crippen LogP) is 1.91. The molecule has 0 radical (unpaired) electrons. The van der Waals surface area contributed by atoms with E-state index >= 15 is 0 Å². The van der Waals surface area contributed by atoms with Crippen LogP contribution in [0.5, 0.6) is 5.75 Å². The zero-order valence-electron chi connectivity index (χ0n) is 13.5. The fourth-order valence-corrected chi connectivity index (χ4v) is 3.79. The Morgan fingerprint density at radius 1 is 1.17 bits per heavy atom. The summed E-state index contributed by atoms with van der Waals surface area (Å²) in [6.45, 7) is 2.69.